The van der Waals surface area contributed by atoms with E-state index in [1.54, 1.807) is 0 Å². The van der Waals surface area contributed by atoms with Gasteiger partial charge in [0.25, 0.3) is 0 Å². The van der Waals surface area contributed by atoms with Gasteiger partial charge in [0.15, 0.2) is 0 Å². The van der Waals surface area contributed by atoms with Crippen molar-refractivity contribution in [1.82, 2.24) is 4.90 Å². The van der Waals surface area contributed by atoms with E-state index in [9.17, 15) is 0 Å². The zero-order chi connectivity index (χ0) is 12.1. The quantitative estimate of drug-likeness (QED) is 0.857. The molecule has 17 heavy (non-hydrogen) atoms. The molecule has 1 saturated heterocycles. The minimum absolute atomic E-state index is 0.453. The number of nitrogens with two attached hydrogens (primary N) is 1. The van der Waals surface area contributed by atoms with Crippen LogP contribution in [0.2, 0.25) is 0 Å². The molecule has 2 N–H and O–H groups in total. The first-order valence-electron chi connectivity index (χ1n) is 6.37. The molecular weight excluding hydrogens is 212 g/mol. The fraction of sp³-hybridized carbons (Fsp3) is 0.571. The Morgan fingerprint density at radius 2 is 2.18 bits per heavy atom. The van der Waals surface area contributed by atoms with Gasteiger partial charge in [-0.05, 0) is 18.0 Å². The van der Waals surface area contributed by atoms with Crippen molar-refractivity contribution >= 4 is 0 Å². The average Bonchev–Trinajstić information content (AvgIpc) is 2.40. The SMILES string of the molecule is CC(CN)C1COCCN1Cc1ccccc1. The van der Waals surface area contributed by atoms with Crippen molar-refractivity contribution in [2.24, 2.45) is 11.7 Å². The van der Waals surface area contributed by atoms with Crippen LogP contribution >= 0.6 is 0 Å². The highest BCUT2D eigenvalue weighted by Crippen LogP contribution is 2.17. The molecule has 0 aromatic heterocycles. The van der Waals surface area contributed by atoms with Crippen LogP contribution in [0, 0.1) is 5.92 Å². The molecule has 1 heterocycles. The summed E-state index contributed by atoms with van der Waals surface area (Å²) in [7, 11) is 0. The van der Waals surface area contributed by atoms with Crippen molar-refractivity contribution in [3.05, 3.63) is 35.9 Å². The van der Waals surface area contributed by atoms with Gasteiger partial charge in [-0.15, -0.1) is 0 Å². The molecule has 0 saturated carbocycles. The van der Waals surface area contributed by atoms with E-state index in [0.717, 1.165) is 32.8 Å². The molecule has 1 aromatic carbocycles. The normalized spacial score (nSPS) is 23.5. The Morgan fingerprint density at radius 1 is 1.41 bits per heavy atom. The van der Waals surface area contributed by atoms with E-state index >= 15 is 0 Å². The molecule has 1 aromatic rings. The molecule has 0 aliphatic carbocycles. The van der Waals surface area contributed by atoms with E-state index in [1.807, 2.05) is 0 Å². The Hall–Kier alpha value is -0.900. The van der Waals surface area contributed by atoms with Gasteiger partial charge in [0, 0.05) is 19.1 Å². The number of benzene rings is 1. The summed E-state index contributed by atoms with van der Waals surface area (Å²) in [4.78, 5) is 2.50. The van der Waals surface area contributed by atoms with Crippen LogP contribution in [0.15, 0.2) is 30.3 Å². The van der Waals surface area contributed by atoms with Crippen LogP contribution in [0.4, 0.5) is 0 Å². The van der Waals surface area contributed by atoms with E-state index in [-0.39, 0.29) is 0 Å². The second-order valence-electron chi connectivity index (χ2n) is 4.81. The second kappa shape index (κ2) is 6.15. The third-order valence-electron chi connectivity index (χ3n) is 3.54. The summed E-state index contributed by atoms with van der Waals surface area (Å²) in [6.07, 6.45) is 0. The van der Waals surface area contributed by atoms with Gasteiger partial charge in [0.1, 0.15) is 0 Å². The fourth-order valence-corrected chi connectivity index (χ4v) is 2.35. The van der Waals surface area contributed by atoms with Crippen LogP contribution in [-0.2, 0) is 11.3 Å². The number of hydrogen-bond donors (Lipinski definition) is 1. The summed E-state index contributed by atoms with van der Waals surface area (Å²) in [5, 5.41) is 0. The summed E-state index contributed by atoms with van der Waals surface area (Å²) in [5.74, 6) is 0.485. The van der Waals surface area contributed by atoms with Gasteiger partial charge in [-0.1, -0.05) is 37.3 Å². The van der Waals surface area contributed by atoms with Crippen molar-refractivity contribution in [2.45, 2.75) is 19.5 Å². The highest BCUT2D eigenvalue weighted by atomic mass is 16.5. The molecule has 2 atom stereocenters. The lowest BCUT2D eigenvalue weighted by Crippen LogP contribution is -2.49. The van der Waals surface area contributed by atoms with Gasteiger partial charge in [-0.2, -0.15) is 0 Å². The van der Waals surface area contributed by atoms with Crippen LogP contribution in [0.5, 0.6) is 0 Å². The van der Waals surface area contributed by atoms with Crippen molar-refractivity contribution in [3.8, 4) is 0 Å². The van der Waals surface area contributed by atoms with Crippen molar-refractivity contribution in [1.29, 1.82) is 0 Å². The average molecular weight is 234 g/mol. The summed E-state index contributed by atoms with van der Waals surface area (Å²) < 4.78 is 5.58. The summed E-state index contributed by atoms with van der Waals surface area (Å²) >= 11 is 0. The van der Waals surface area contributed by atoms with Crippen LogP contribution in [0.1, 0.15) is 12.5 Å². The summed E-state index contributed by atoms with van der Waals surface area (Å²) in [6, 6.07) is 11.1. The van der Waals surface area contributed by atoms with Crippen LogP contribution in [-0.4, -0.2) is 37.2 Å². The number of morpholine rings is 1. The van der Waals surface area contributed by atoms with Gasteiger partial charge in [-0.25, -0.2) is 0 Å². The molecule has 0 bridgehead atoms. The van der Waals surface area contributed by atoms with E-state index in [4.69, 9.17) is 10.5 Å². The molecule has 3 heteroatoms. The van der Waals surface area contributed by atoms with E-state index in [1.165, 1.54) is 5.56 Å². The fourth-order valence-electron chi connectivity index (χ4n) is 2.35. The third-order valence-corrected chi connectivity index (χ3v) is 3.54. The van der Waals surface area contributed by atoms with E-state index in [2.05, 4.69) is 42.2 Å². The molecule has 1 aliphatic rings. The van der Waals surface area contributed by atoms with Crippen molar-refractivity contribution < 1.29 is 4.74 Å². The molecule has 94 valence electrons. The monoisotopic (exact) mass is 234 g/mol. The minimum Gasteiger partial charge on any atom is -0.378 e. The minimum atomic E-state index is 0.453. The Bertz CT molecular complexity index is 328. The Labute approximate surface area is 104 Å². The Morgan fingerprint density at radius 3 is 2.88 bits per heavy atom. The third kappa shape index (κ3) is 3.28. The highest BCUT2D eigenvalue weighted by molar-refractivity contribution is 5.14. The lowest BCUT2D eigenvalue weighted by Gasteiger charge is -2.38. The molecule has 0 amide bonds. The van der Waals surface area contributed by atoms with E-state index < -0.39 is 0 Å². The number of nitrogens with zero attached hydrogens (tertiary/aromatic N) is 1. The molecule has 3 nitrogen and oxygen atoms in total. The van der Waals surface area contributed by atoms with E-state index in [0.29, 0.717) is 12.0 Å². The van der Waals surface area contributed by atoms with Crippen molar-refractivity contribution in [3.63, 3.8) is 0 Å². The Kier molecular flexibility index (Phi) is 4.54. The first-order chi connectivity index (χ1) is 8.31. The lowest BCUT2D eigenvalue weighted by atomic mass is 9.99. The van der Waals surface area contributed by atoms with Gasteiger partial charge in [-0.3, -0.25) is 4.90 Å². The molecule has 1 fully saturated rings. The maximum atomic E-state index is 5.78. The molecule has 2 rings (SSSR count). The Balaban J connectivity index is 2.01. The van der Waals surface area contributed by atoms with Gasteiger partial charge in [0.05, 0.1) is 13.2 Å². The zero-order valence-corrected chi connectivity index (χ0v) is 10.5. The zero-order valence-electron chi connectivity index (χ0n) is 10.5. The predicted molar refractivity (Wildman–Crippen MR) is 69.7 cm³/mol. The summed E-state index contributed by atoms with van der Waals surface area (Å²) in [5.41, 5.74) is 7.14. The lowest BCUT2D eigenvalue weighted by molar-refractivity contribution is -0.0299. The van der Waals surface area contributed by atoms with Gasteiger partial charge >= 0.3 is 0 Å². The molecule has 0 radical (unpaired) electrons. The maximum Gasteiger partial charge on any atom is 0.0625 e. The first-order valence-corrected chi connectivity index (χ1v) is 6.37. The van der Waals surface area contributed by atoms with Crippen LogP contribution in [0.25, 0.3) is 0 Å². The van der Waals surface area contributed by atoms with Crippen molar-refractivity contribution in [2.75, 3.05) is 26.3 Å². The second-order valence-corrected chi connectivity index (χ2v) is 4.81. The van der Waals surface area contributed by atoms with Crippen LogP contribution in [0.3, 0.4) is 0 Å². The largest absolute Gasteiger partial charge is 0.378 e. The predicted octanol–water partition coefficient (Wildman–Crippen LogP) is 1.48. The van der Waals surface area contributed by atoms with Crippen LogP contribution < -0.4 is 5.73 Å². The molecule has 2 unspecified atom stereocenters. The topological polar surface area (TPSA) is 38.5 Å². The number of rotatable bonds is 4. The number of hydrogen-bond acceptors (Lipinski definition) is 3. The molecular formula is C14H22N2O. The maximum absolute atomic E-state index is 5.78. The smallest absolute Gasteiger partial charge is 0.0625 e. The highest BCUT2D eigenvalue weighted by Gasteiger charge is 2.27. The van der Waals surface area contributed by atoms with Gasteiger partial charge < -0.3 is 10.5 Å². The van der Waals surface area contributed by atoms with Gasteiger partial charge in [0.2, 0.25) is 0 Å². The first kappa shape index (κ1) is 12.6. The molecule has 0 spiro atoms. The summed E-state index contributed by atoms with van der Waals surface area (Å²) in [6.45, 7) is 6.57. The standard InChI is InChI=1S/C14H22N2O/c1-12(9-15)14-11-17-8-7-16(14)10-13-5-3-2-4-6-13/h2-6,12,14H,7-11,15H2,1H3. The molecule has 1 aliphatic heterocycles. The number of ether oxygens (including phenoxy) is 1.